The molecule has 1 fully saturated rings. The lowest BCUT2D eigenvalue weighted by molar-refractivity contribution is 0.421. The van der Waals surface area contributed by atoms with Crippen LogP contribution in [-0.2, 0) is 0 Å². The maximum absolute atomic E-state index is 6.16. The molecule has 1 aromatic rings. The average molecular weight is 229 g/mol. The van der Waals surface area contributed by atoms with Crippen LogP contribution >= 0.6 is 11.6 Å². The fourth-order valence-corrected chi connectivity index (χ4v) is 2.17. The molecule has 1 unspecified atom stereocenters. The summed E-state index contributed by atoms with van der Waals surface area (Å²) in [6.45, 7) is 4.18. The fraction of sp³-hybridized carbons (Fsp3) is 0.700. The predicted octanol–water partition coefficient (Wildman–Crippen LogP) is 2.03. The second-order valence-corrected chi connectivity index (χ2v) is 4.81. The lowest BCUT2D eigenvalue weighted by atomic mass is 10.1. The van der Waals surface area contributed by atoms with E-state index in [1.54, 1.807) is 6.20 Å². The molecule has 0 saturated heterocycles. The highest BCUT2D eigenvalue weighted by atomic mass is 35.5. The number of halogens is 1. The van der Waals surface area contributed by atoms with Crippen LogP contribution in [0.1, 0.15) is 44.5 Å². The highest BCUT2D eigenvalue weighted by Gasteiger charge is 2.35. The Bertz CT molecular complexity index is 343. The number of rotatable bonds is 4. The molecule has 1 saturated carbocycles. The zero-order valence-electron chi connectivity index (χ0n) is 9.07. The van der Waals surface area contributed by atoms with Crippen molar-refractivity contribution in [2.75, 3.05) is 0 Å². The molecule has 5 heteroatoms. The molecule has 1 aliphatic carbocycles. The Balaban J connectivity index is 2.34. The van der Waals surface area contributed by atoms with E-state index in [2.05, 4.69) is 24.4 Å². The van der Waals surface area contributed by atoms with Gasteiger partial charge in [-0.05, 0) is 32.6 Å². The number of hydrogen-bond acceptors (Lipinski definition) is 3. The molecule has 4 nitrogen and oxygen atoms in total. The monoisotopic (exact) mass is 228 g/mol. The Morgan fingerprint density at radius 2 is 2.27 bits per heavy atom. The van der Waals surface area contributed by atoms with E-state index in [0.29, 0.717) is 17.0 Å². The molecule has 0 amide bonds. The lowest BCUT2D eigenvalue weighted by Gasteiger charge is -2.19. The molecule has 0 aliphatic heterocycles. The van der Waals surface area contributed by atoms with Crippen molar-refractivity contribution in [2.45, 2.75) is 38.8 Å². The van der Waals surface area contributed by atoms with Gasteiger partial charge in [-0.15, -0.1) is 0 Å². The van der Waals surface area contributed by atoms with Crippen molar-refractivity contribution in [3.05, 3.63) is 16.9 Å². The van der Waals surface area contributed by atoms with E-state index in [9.17, 15) is 0 Å². The number of nitrogens with zero attached hydrogens (tertiary/aromatic N) is 2. The van der Waals surface area contributed by atoms with Crippen LogP contribution in [0.2, 0.25) is 5.02 Å². The quantitative estimate of drug-likeness (QED) is 0.613. The SMILES string of the molecule is CC(C)n1ncc(Cl)c1C(NN)C1CC1. The van der Waals surface area contributed by atoms with Crippen molar-refractivity contribution in [2.24, 2.45) is 11.8 Å². The van der Waals surface area contributed by atoms with E-state index >= 15 is 0 Å². The Morgan fingerprint density at radius 1 is 1.60 bits per heavy atom. The van der Waals surface area contributed by atoms with E-state index in [0.717, 1.165) is 5.69 Å². The van der Waals surface area contributed by atoms with E-state index in [1.807, 2.05) is 4.68 Å². The second-order valence-electron chi connectivity index (χ2n) is 4.40. The van der Waals surface area contributed by atoms with Crippen LogP contribution in [0.4, 0.5) is 0 Å². The minimum atomic E-state index is 0.141. The summed E-state index contributed by atoms with van der Waals surface area (Å²) in [5, 5.41) is 4.99. The fourth-order valence-electron chi connectivity index (χ4n) is 1.92. The van der Waals surface area contributed by atoms with Crippen LogP contribution < -0.4 is 11.3 Å². The summed E-state index contributed by atoms with van der Waals surface area (Å²) in [6, 6.07) is 0.449. The maximum Gasteiger partial charge on any atom is 0.0834 e. The van der Waals surface area contributed by atoms with Crippen LogP contribution in [-0.4, -0.2) is 9.78 Å². The minimum absolute atomic E-state index is 0.141. The standard InChI is InChI=1S/C10H17ClN4/c1-6(2)15-10(8(11)5-13-15)9(14-12)7-3-4-7/h5-7,9,14H,3-4,12H2,1-2H3. The molecule has 1 aliphatic rings. The van der Waals surface area contributed by atoms with Crippen molar-refractivity contribution in [1.29, 1.82) is 0 Å². The molecule has 2 rings (SSSR count). The van der Waals surface area contributed by atoms with E-state index in [4.69, 9.17) is 17.4 Å². The van der Waals surface area contributed by atoms with Gasteiger partial charge in [0.1, 0.15) is 0 Å². The summed E-state index contributed by atoms with van der Waals surface area (Å²) >= 11 is 6.16. The summed E-state index contributed by atoms with van der Waals surface area (Å²) < 4.78 is 1.95. The third-order valence-corrected chi connectivity index (χ3v) is 3.13. The first kappa shape index (κ1) is 10.9. The van der Waals surface area contributed by atoms with Gasteiger partial charge in [-0.1, -0.05) is 11.6 Å². The van der Waals surface area contributed by atoms with Gasteiger partial charge in [0.25, 0.3) is 0 Å². The second kappa shape index (κ2) is 4.12. The molecule has 0 radical (unpaired) electrons. The highest BCUT2D eigenvalue weighted by molar-refractivity contribution is 6.31. The molecule has 0 spiro atoms. The largest absolute Gasteiger partial charge is 0.271 e. The van der Waals surface area contributed by atoms with Gasteiger partial charge in [-0.2, -0.15) is 5.10 Å². The number of aromatic nitrogens is 2. The van der Waals surface area contributed by atoms with Gasteiger partial charge < -0.3 is 0 Å². The van der Waals surface area contributed by atoms with Gasteiger partial charge in [0.05, 0.1) is 23.0 Å². The Kier molecular flexibility index (Phi) is 3.00. The van der Waals surface area contributed by atoms with E-state index in [1.165, 1.54) is 12.8 Å². The van der Waals surface area contributed by atoms with Crippen LogP contribution in [0.5, 0.6) is 0 Å². The van der Waals surface area contributed by atoms with Crippen LogP contribution in [0.25, 0.3) is 0 Å². The van der Waals surface area contributed by atoms with Crippen molar-refractivity contribution in [1.82, 2.24) is 15.2 Å². The average Bonchev–Trinajstić information content (AvgIpc) is 2.93. The molecule has 0 bridgehead atoms. The molecular formula is C10H17ClN4. The summed E-state index contributed by atoms with van der Waals surface area (Å²) in [5.74, 6) is 6.21. The van der Waals surface area contributed by atoms with Crippen LogP contribution in [0, 0.1) is 5.92 Å². The third-order valence-electron chi connectivity index (χ3n) is 2.84. The number of nitrogens with two attached hydrogens (primary N) is 1. The Hall–Kier alpha value is -0.580. The molecule has 1 heterocycles. The zero-order valence-corrected chi connectivity index (χ0v) is 9.83. The van der Waals surface area contributed by atoms with Crippen molar-refractivity contribution >= 4 is 11.6 Å². The maximum atomic E-state index is 6.16. The highest BCUT2D eigenvalue weighted by Crippen LogP contribution is 2.42. The molecule has 84 valence electrons. The third kappa shape index (κ3) is 2.02. The van der Waals surface area contributed by atoms with Crippen molar-refractivity contribution < 1.29 is 0 Å². The summed E-state index contributed by atoms with van der Waals surface area (Å²) in [7, 11) is 0. The van der Waals surface area contributed by atoms with Gasteiger partial charge >= 0.3 is 0 Å². The van der Waals surface area contributed by atoms with Gasteiger partial charge in [0.2, 0.25) is 0 Å². The number of nitrogens with one attached hydrogen (secondary N) is 1. The lowest BCUT2D eigenvalue weighted by Crippen LogP contribution is -2.31. The van der Waals surface area contributed by atoms with E-state index in [-0.39, 0.29) is 6.04 Å². The molecule has 3 N–H and O–H groups in total. The number of hydrazine groups is 1. The topological polar surface area (TPSA) is 55.9 Å². The molecule has 15 heavy (non-hydrogen) atoms. The minimum Gasteiger partial charge on any atom is -0.271 e. The smallest absolute Gasteiger partial charge is 0.0834 e. The van der Waals surface area contributed by atoms with Crippen molar-refractivity contribution in [3.8, 4) is 0 Å². The molecule has 1 atom stereocenters. The zero-order chi connectivity index (χ0) is 11.0. The van der Waals surface area contributed by atoms with Crippen LogP contribution in [0.3, 0.4) is 0 Å². The molecule has 0 aromatic carbocycles. The van der Waals surface area contributed by atoms with Gasteiger partial charge in [-0.3, -0.25) is 16.0 Å². The molecule has 1 aromatic heterocycles. The van der Waals surface area contributed by atoms with Crippen molar-refractivity contribution in [3.63, 3.8) is 0 Å². The van der Waals surface area contributed by atoms with Gasteiger partial charge in [0, 0.05) is 6.04 Å². The normalized spacial score (nSPS) is 18.5. The van der Waals surface area contributed by atoms with Gasteiger partial charge in [0.15, 0.2) is 0 Å². The van der Waals surface area contributed by atoms with E-state index < -0.39 is 0 Å². The first-order chi connectivity index (χ1) is 7.15. The first-order valence-electron chi connectivity index (χ1n) is 5.34. The van der Waals surface area contributed by atoms with Crippen LogP contribution in [0.15, 0.2) is 6.20 Å². The first-order valence-corrected chi connectivity index (χ1v) is 5.72. The number of hydrogen-bond donors (Lipinski definition) is 2. The Labute approximate surface area is 94.8 Å². The Morgan fingerprint density at radius 3 is 2.73 bits per heavy atom. The summed E-state index contributed by atoms with van der Waals surface area (Å²) in [5.41, 5.74) is 3.88. The van der Waals surface area contributed by atoms with Gasteiger partial charge in [-0.25, -0.2) is 0 Å². The summed E-state index contributed by atoms with van der Waals surface area (Å²) in [4.78, 5) is 0. The summed E-state index contributed by atoms with van der Waals surface area (Å²) in [6.07, 6.45) is 4.13. The predicted molar refractivity (Wildman–Crippen MR) is 60.4 cm³/mol. The molecular weight excluding hydrogens is 212 g/mol.